The molecule has 2 fully saturated rings. The highest BCUT2D eigenvalue weighted by Crippen LogP contribution is 2.40. The van der Waals surface area contributed by atoms with Crippen LogP contribution in [0.25, 0.3) is 0 Å². The molecule has 2 aromatic heterocycles. The van der Waals surface area contributed by atoms with E-state index in [0.29, 0.717) is 23.6 Å². The van der Waals surface area contributed by atoms with Crippen molar-refractivity contribution in [2.75, 3.05) is 13.1 Å². The fourth-order valence-corrected chi connectivity index (χ4v) is 3.50. The van der Waals surface area contributed by atoms with Crippen LogP contribution in [0.15, 0.2) is 8.94 Å². The Balaban J connectivity index is 1.41. The molecule has 4 rings (SSSR count). The van der Waals surface area contributed by atoms with Crippen LogP contribution in [0, 0.1) is 5.92 Å². The minimum absolute atomic E-state index is 0.117. The molecule has 1 saturated carbocycles. The highest BCUT2D eigenvalue weighted by atomic mass is 16.5. The van der Waals surface area contributed by atoms with Crippen molar-refractivity contribution in [3.05, 3.63) is 23.5 Å². The zero-order valence-corrected chi connectivity index (χ0v) is 15.3. The summed E-state index contributed by atoms with van der Waals surface area (Å²) in [6, 6.07) is 0.117. The summed E-state index contributed by atoms with van der Waals surface area (Å²) in [6.07, 6.45) is 5.43. The third-order valence-electron chi connectivity index (χ3n) is 5.17. The maximum absolute atomic E-state index is 5.88. The zero-order chi connectivity index (χ0) is 17.4. The first-order valence-corrected chi connectivity index (χ1v) is 9.50. The van der Waals surface area contributed by atoms with Crippen LogP contribution in [0.2, 0.25) is 0 Å². The van der Waals surface area contributed by atoms with Gasteiger partial charge in [-0.05, 0) is 45.1 Å². The molecule has 25 heavy (non-hydrogen) atoms. The Morgan fingerprint density at radius 1 is 1.12 bits per heavy atom. The molecule has 7 heteroatoms. The van der Waals surface area contributed by atoms with Gasteiger partial charge in [0.2, 0.25) is 17.7 Å². The molecule has 7 nitrogen and oxygen atoms in total. The Bertz CT molecular complexity index is 706. The predicted molar refractivity (Wildman–Crippen MR) is 91.1 cm³/mol. The molecule has 0 spiro atoms. The van der Waals surface area contributed by atoms with E-state index in [0.717, 1.165) is 50.0 Å². The molecular weight excluding hydrogens is 318 g/mol. The Hall–Kier alpha value is -1.76. The summed E-state index contributed by atoms with van der Waals surface area (Å²) < 4.78 is 11.3. The molecular formula is C18H27N5O2. The average molecular weight is 345 g/mol. The van der Waals surface area contributed by atoms with Gasteiger partial charge in [0, 0.05) is 24.8 Å². The molecule has 0 bridgehead atoms. The number of aromatic nitrogens is 4. The first kappa shape index (κ1) is 16.7. The van der Waals surface area contributed by atoms with Gasteiger partial charge < -0.3 is 8.94 Å². The van der Waals surface area contributed by atoms with Crippen LogP contribution in [0.5, 0.6) is 0 Å². The Morgan fingerprint density at radius 3 is 2.72 bits per heavy atom. The predicted octanol–water partition coefficient (Wildman–Crippen LogP) is 3.47. The number of likely N-dealkylation sites (tertiary alicyclic amines) is 1. The van der Waals surface area contributed by atoms with Crippen LogP contribution in [0.1, 0.15) is 87.8 Å². The second-order valence-corrected chi connectivity index (χ2v) is 7.91. The third-order valence-corrected chi connectivity index (χ3v) is 5.17. The second-order valence-electron chi connectivity index (χ2n) is 7.91. The topological polar surface area (TPSA) is 81.1 Å². The largest absolute Gasteiger partial charge is 0.424 e. The van der Waals surface area contributed by atoms with Crippen molar-refractivity contribution in [2.24, 2.45) is 5.92 Å². The second kappa shape index (κ2) is 6.86. The van der Waals surface area contributed by atoms with Gasteiger partial charge in [-0.2, -0.15) is 4.98 Å². The minimum atomic E-state index is 0.117. The van der Waals surface area contributed by atoms with E-state index >= 15 is 0 Å². The monoisotopic (exact) mass is 345 g/mol. The van der Waals surface area contributed by atoms with E-state index in [1.54, 1.807) is 0 Å². The van der Waals surface area contributed by atoms with Gasteiger partial charge >= 0.3 is 0 Å². The van der Waals surface area contributed by atoms with E-state index in [-0.39, 0.29) is 6.04 Å². The van der Waals surface area contributed by atoms with Gasteiger partial charge in [-0.1, -0.05) is 19.0 Å². The summed E-state index contributed by atoms with van der Waals surface area (Å²) in [4.78, 5) is 7.04. The first-order valence-electron chi connectivity index (χ1n) is 9.50. The van der Waals surface area contributed by atoms with E-state index < -0.39 is 0 Å². The van der Waals surface area contributed by atoms with Gasteiger partial charge in [-0.25, -0.2) is 0 Å². The molecule has 2 aromatic rings. The van der Waals surface area contributed by atoms with E-state index in [4.69, 9.17) is 8.94 Å². The smallest absolute Gasteiger partial charge is 0.233 e. The van der Waals surface area contributed by atoms with Gasteiger partial charge in [0.15, 0.2) is 5.82 Å². The fourth-order valence-electron chi connectivity index (χ4n) is 3.50. The van der Waals surface area contributed by atoms with Crippen LogP contribution >= 0.6 is 0 Å². The molecule has 1 aliphatic heterocycles. The zero-order valence-electron chi connectivity index (χ0n) is 15.3. The normalized spacial score (nSPS) is 23.3. The minimum Gasteiger partial charge on any atom is -0.424 e. The number of piperidine rings is 1. The molecule has 2 unspecified atom stereocenters. The fraction of sp³-hybridized carbons (Fsp3) is 0.778. The first-order chi connectivity index (χ1) is 12.1. The standard InChI is InChI=1S/C18H27N5O2/c1-11(2)9-15-20-21-17(24-15)12(3)23-8-4-5-14(10-23)16-19-18(25-22-16)13-6-7-13/h11-14H,4-10H2,1-3H3. The number of hydrogen-bond acceptors (Lipinski definition) is 7. The maximum Gasteiger partial charge on any atom is 0.233 e. The van der Waals surface area contributed by atoms with Gasteiger partial charge in [0.05, 0.1) is 6.04 Å². The molecule has 136 valence electrons. The lowest BCUT2D eigenvalue weighted by Gasteiger charge is -2.34. The highest BCUT2D eigenvalue weighted by Gasteiger charge is 2.33. The van der Waals surface area contributed by atoms with Crippen molar-refractivity contribution in [1.82, 2.24) is 25.2 Å². The molecule has 0 aromatic carbocycles. The summed E-state index contributed by atoms with van der Waals surface area (Å²) in [6.45, 7) is 8.40. The lowest BCUT2D eigenvalue weighted by molar-refractivity contribution is 0.134. The molecule has 0 amide bonds. The van der Waals surface area contributed by atoms with Crippen LogP contribution in [-0.4, -0.2) is 38.3 Å². The van der Waals surface area contributed by atoms with E-state index in [1.807, 2.05) is 0 Å². The van der Waals surface area contributed by atoms with Crippen molar-refractivity contribution in [3.63, 3.8) is 0 Å². The quantitative estimate of drug-likeness (QED) is 0.793. The molecule has 2 aliphatic rings. The molecule has 1 saturated heterocycles. The lowest BCUT2D eigenvalue weighted by atomic mass is 9.96. The Kier molecular flexibility index (Phi) is 4.58. The molecule has 3 heterocycles. The molecule has 0 N–H and O–H groups in total. The summed E-state index contributed by atoms with van der Waals surface area (Å²) in [5.41, 5.74) is 0. The van der Waals surface area contributed by atoms with E-state index in [9.17, 15) is 0 Å². The number of rotatable bonds is 6. The van der Waals surface area contributed by atoms with Gasteiger partial charge in [-0.15, -0.1) is 10.2 Å². The number of hydrogen-bond donors (Lipinski definition) is 0. The maximum atomic E-state index is 5.88. The van der Waals surface area contributed by atoms with Crippen LogP contribution < -0.4 is 0 Å². The van der Waals surface area contributed by atoms with Crippen LogP contribution in [0.3, 0.4) is 0 Å². The van der Waals surface area contributed by atoms with Crippen molar-refractivity contribution < 1.29 is 8.94 Å². The lowest BCUT2D eigenvalue weighted by Crippen LogP contribution is -2.36. The van der Waals surface area contributed by atoms with Crippen LogP contribution in [-0.2, 0) is 6.42 Å². The molecule has 1 aliphatic carbocycles. The van der Waals surface area contributed by atoms with E-state index in [2.05, 4.69) is 46.0 Å². The van der Waals surface area contributed by atoms with Crippen molar-refractivity contribution in [1.29, 1.82) is 0 Å². The average Bonchev–Trinajstić information content (AvgIpc) is 3.15. The van der Waals surface area contributed by atoms with Crippen molar-refractivity contribution in [3.8, 4) is 0 Å². The molecule has 2 atom stereocenters. The Labute approximate surface area is 148 Å². The van der Waals surface area contributed by atoms with E-state index in [1.165, 1.54) is 12.8 Å². The Morgan fingerprint density at radius 2 is 1.96 bits per heavy atom. The summed E-state index contributed by atoms with van der Waals surface area (Å²) in [7, 11) is 0. The molecule has 0 radical (unpaired) electrons. The summed E-state index contributed by atoms with van der Waals surface area (Å²) in [5, 5.41) is 12.7. The summed E-state index contributed by atoms with van der Waals surface area (Å²) >= 11 is 0. The van der Waals surface area contributed by atoms with Gasteiger partial charge in [0.1, 0.15) is 0 Å². The van der Waals surface area contributed by atoms with Gasteiger partial charge in [0.25, 0.3) is 0 Å². The number of nitrogens with zero attached hydrogens (tertiary/aromatic N) is 5. The summed E-state index contributed by atoms with van der Waals surface area (Å²) in [5.74, 6) is 4.49. The third kappa shape index (κ3) is 3.76. The highest BCUT2D eigenvalue weighted by molar-refractivity contribution is 5.06. The van der Waals surface area contributed by atoms with Crippen molar-refractivity contribution >= 4 is 0 Å². The SMILES string of the molecule is CC(C)Cc1nnc(C(C)N2CCCC(c3noc(C4CC4)n3)C2)o1. The van der Waals surface area contributed by atoms with Crippen molar-refractivity contribution in [2.45, 2.75) is 70.8 Å². The van der Waals surface area contributed by atoms with Gasteiger partial charge in [-0.3, -0.25) is 4.90 Å². The van der Waals surface area contributed by atoms with Crippen LogP contribution in [0.4, 0.5) is 0 Å².